The number of aryl methyl sites for hydroxylation is 1. The van der Waals surface area contributed by atoms with Crippen molar-refractivity contribution in [3.8, 4) is 0 Å². The molecule has 0 saturated heterocycles. The van der Waals surface area contributed by atoms with Gasteiger partial charge in [0.2, 0.25) is 5.91 Å². The molecule has 1 aliphatic carbocycles. The zero-order valence-electron chi connectivity index (χ0n) is 12.1. The van der Waals surface area contributed by atoms with E-state index in [-0.39, 0.29) is 5.91 Å². The lowest BCUT2D eigenvalue weighted by Crippen LogP contribution is -2.26. The molecular formula is C18H20N2O. The van der Waals surface area contributed by atoms with Gasteiger partial charge in [0.1, 0.15) is 0 Å². The molecule has 1 amide bonds. The standard InChI is InChI=1S/C18H20N2O/c21-18(20-11-9-14-4-3-10-19-13-14)12-16-8-7-15-5-1-2-6-17(15)16/h1-6,10,13,16H,7-9,11-12H2,(H,20,21)/t16-/m0/s1. The summed E-state index contributed by atoms with van der Waals surface area (Å²) in [7, 11) is 0. The lowest BCUT2D eigenvalue weighted by atomic mass is 9.97. The van der Waals surface area contributed by atoms with E-state index in [1.807, 2.05) is 18.3 Å². The van der Waals surface area contributed by atoms with Crippen molar-refractivity contribution >= 4 is 5.91 Å². The van der Waals surface area contributed by atoms with Crippen LogP contribution in [-0.2, 0) is 17.6 Å². The SMILES string of the molecule is O=C(C[C@@H]1CCc2ccccc21)NCCc1cccnc1. The number of fused-ring (bicyclic) bond motifs is 1. The van der Waals surface area contributed by atoms with E-state index in [1.165, 1.54) is 11.1 Å². The van der Waals surface area contributed by atoms with Crippen LogP contribution in [0.4, 0.5) is 0 Å². The fraction of sp³-hybridized carbons (Fsp3) is 0.333. The van der Waals surface area contributed by atoms with Gasteiger partial charge >= 0.3 is 0 Å². The number of rotatable bonds is 5. The molecular weight excluding hydrogens is 260 g/mol. The minimum absolute atomic E-state index is 0.153. The van der Waals surface area contributed by atoms with Crippen molar-refractivity contribution < 1.29 is 4.79 Å². The number of pyridine rings is 1. The third-order valence-electron chi connectivity index (χ3n) is 4.15. The first kappa shape index (κ1) is 13.8. The Kier molecular flexibility index (Phi) is 4.29. The summed E-state index contributed by atoms with van der Waals surface area (Å²) in [5, 5.41) is 3.02. The van der Waals surface area contributed by atoms with Crippen LogP contribution in [0, 0.1) is 0 Å². The molecule has 0 unspecified atom stereocenters. The molecule has 0 saturated carbocycles. The van der Waals surface area contributed by atoms with Crippen molar-refractivity contribution in [1.82, 2.24) is 10.3 Å². The largest absolute Gasteiger partial charge is 0.356 e. The van der Waals surface area contributed by atoms with Crippen molar-refractivity contribution in [1.29, 1.82) is 0 Å². The smallest absolute Gasteiger partial charge is 0.220 e. The minimum Gasteiger partial charge on any atom is -0.356 e. The molecule has 0 fully saturated rings. The Balaban J connectivity index is 1.47. The van der Waals surface area contributed by atoms with Gasteiger partial charge in [0, 0.05) is 25.4 Å². The van der Waals surface area contributed by atoms with E-state index >= 15 is 0 Å². The van der Waals surface area contributed by atoms with Crippen molar-refractivity contribution in [3.05, 3.63) is 65.5 Å². The van der Waals surface area contributed by atoms with E-state index in [0.29, 0.717) is 18.9 Å². The third kappa shape index (κ3) is 3.48. The maximum absolute atomic E-state index is 12.1. The number of amides is 1. The molecule has 1 N–H and O–H groups in total. The first-order valence-electron chi connectivity index (χ1n) is 7.56. The lowest BCUT2D eigenvalue weighted by Gasteiger charge is -2.11. The molecule has 1 heterocycles. The fourth-order valence-corrected chi connectivity index (χ4v) is 3.05. The van der Waals surface area contributed by atoms with Crippen LogP contribution < -0.4 is 5.32 Å². The summed E-state index contributed by atoms with van der Waals surface area (Å²) in [5.41, 5.74) is 3.93. The Morgan fingerprint density at radius 2 is 2.14 bits per heavy atom. The number of aromatic nitrogens is 1. The van der Waals surface area contributed by atoms with Crippen LogP contribution in [0.1, 0.15) is 35.4 Å². The van der Waals surface area contributed by atoms with Crippen molar-refractivity contribution in [2.75, 3.05) is 6.54 Å². The van der Waals surface area contributed by atoms with E-state index in [4.69, 9.17) is 0 Å². The Morgan fingerprint density at radius 3 is 3.00 bits per heavy atom. The lowest BCUT2D eigenvalue weighted by molar-refractivity contribution is -0.121. The summed E-state index contributed by atoms with van der Waals surface area (Å²) in [6.45, 7) is 0.679. The van der Waals surface area contributed by atoms with Gasteiger partial charge in [-0.1, -0.05) is 30.3 Å². The molecule has 3 rings (SSSR count). The van der Waals surface area contributed by atoms with E-state index in [0.717, 1.165) is 24.8 Å². The Hall–Kier alpha value is -2.16. The van der Waals surface area contributed by atoms with Gasteiger partial charge in [-0.3, -0.25) is 9.78 Å². The number of carbonyl (C=O) groups excluding carboxylic acids is 1. The van der Waals surface area contributed by atoms with Gasteiger partial charge in [-0.15, -0.1) is 0 Å². The Bertz CT molecular complexity index is 610. The summed E-state index contributed by atoms with van der Waals surface area (Å²) in [4.78, 5) is 16.2. The van der Waals surface area contributed by atoms with Gasteiger partial charge in [-0.25, -0.2) is 0 Å². The van der Waals surface area contributed by atoms with Gasteiger partial charge in [-0.2, -0.15) is 0 Å². The zero-order chi connectivity index (χ0) is 14.5. The molecule has 0 bridgehead atoms. The fourth-order valence-electron chi connectivity index (χ4n) is 3.05. The summed E-state index contributed by atoms with van der Waals surface area (Å²) < 4.78 is 0. The second-order valence-corrected chi connectivity index (χ2v) is 5.60. The molecule has 0 spiro atoms. The highest BCUT2D eigenvalue weighted by molar-refractivity contribution is 5.77. The normalized spacial score (nSPS) is 16.5. The highest BCUT2D eigenvalue weighted by atomic mass is 16.1. The average molecular weight is 280 g/mol. The number of benzene rings is 1. The maximum Gasteiger partial charge on any atom is 0.220 e. The van der Waals surface area contributed by atoms with Crippen LogP contribution in [0.3, 0.4) is 0 Å². The summed E-state index contributed by atoms with van der Waals surface area (Å²) >= 11 is 0. The first-order valence-corrected chi connectivity index (χ1v) is 7.56. The van der Waals surface area contributed by atoms with Crippen LogP contribution in [0.25, 0.3) is 0 Å². The van der Waals surface area contributed by atoms with E-state index in [1.54, 1.807) is 6.20 Å². The van der Waals surface area contributed by atoms with Gasteiger partial charge < -0.3 is 5.32 Å². The second-order valence-electron chi connectivity index (χ2n) is 5.60. The van der Waals surface area contributed by atoms with Gasteiger partial charge in [0.05, 0.1) is 0 Å². The monoisotopic (exact) mass is 280 g/mol. The zero-order valence-corrected chi connectivity index (χ0v) is 12.1. The molecule has 21 heavy (non-hydrogen) atoms. The van der Waals surface area contributed by atoms with Crippen LogP contribution in [0.5, 0.6) is 0 Å². The predicted molar refractivity (Wildman–Crippen MR) is 83.1 cm³/mol. The Morgan fingerprint density at radius 1 is 1.24 bits per heavy atom. The van der Waals surface area contributed by atoms with Crippen LogP contribution in [-0.4, -0.2) is 17.4 Å². The van der Waals surface area contributed by atoms with Crippen molar-refractivity contribution in [2.45, 2.75) is 31.6 Å². The predicted octanol–water partition coefficient (Wildman–Crippen LogP) is 2.86. The molecule has 1 atom stereocenters. The maximum atomic E-state index is 12.1. The second kappa shape index (κ2) is 6.53. The summed E-state index contributed by atoms with van der Waals surface area (Å²) in [5.74, 6) is 0.542. The number of nitrogens with zero attached hydrogens (tertiary/aromatic N) is 1. The topological polar surface area (TPSA) is 42.0 Å². The molecule has 3 nitrogen and oxygen atoms in total. The molecule has 0 radical (unpaired) electrons. The van der Waals surface area contributed by atoms with Gasteiger partial charge in [0.25, 0.3) is 0 Å². The number of nitrogens with one attached hydrogen (secondary N) is 1. The molecule has 2 aromatic rings. The summed E-state index contributed by atoms with van der Waals surface area (Å²) in [6, 6.07) is 12.4. The van der Waals surface area contributed by atoms with Gasteiger partial charge in [0.15, 0.2) is 0 Å². The van der Waals surface area contributed by atoms with E-state index < -0.39 is 0 Å². The van der Waals surface area contributed by atoms with Crippen LogP contribution in [0.2, 0.25) is 0 Å². The minimum atomic E-state index is 0.153. The number of hydrogen-bond acceptors (Lipinski definition) is 2. The van der Waals surface area contributed by atoms with Crippen molar-refractivity contribution in [3.63, 3.8) is 0 Å². The van der Waals surface area contributed by atoms with Crippen molar-refractivity contribution in [2.24, 2.45) is 0 Å². The summed E-state index contributed by atoms with van der Waals surface area (Å²) in [6.07, 6.45) is 7.24. The average Bonchev–Trinajstić information content (AvgIpc) is 2.92. The molecule has 0 aliphatic heterocycles. The number of hydrogen-bond donors (Lipinski definition) is 1. The van der Waals surface area contributed by atoms with E-state index in [9.17, 15) is 4.79 Å². The molecule has 3 heteroatoms. The Labute approximate surface area is 125 Å². The highest BCUT2D eigenvalue weighted by Gasteiger charge is 2.23. The van der Waals surface area contributed by atoms with Gasteiger partial charge in [-0.05, 0) is 47.9 Å². The highest BCUT2D eigenvalue weighted by Crippen LogP contribution is 2.34. The molecule has 1 aliphatic rings. The van der Waals surface area contributed by atoms with Crippen LogP contribution >= 0.6 is 0 Å². The first-order chi connectivity index (χ1) is 10.3. The van der Waals surface area contributed by atoms with Crippen LogP contribution in [0.15, 0.2) is 48.8 Å². The van der Waals surface area contributed by atoms with E-state index in [2.05, 4.69) is 34.6 Å². The molecule has 108 valence electrons. The quantitative estimate of drug-likeness (QED) is 0.915. The molecule has 1 aromatic heterocycles. The molecule has 1 aromatic carbocycles. The number of carbonyl (C=O) groups is 1. The third-order valence-corrected chi connectivity index (χ3v) is 4.15.